The summed E-state index contributed by atoms with van der Waals surface area (Å²) in [5.41, 5.74) is 0.928. The summed E-state index contributed by atoms with van der Waals surface area (Å²) in [5, 5.41) is 20.3. The van der Waals surface area contributed by atoms with E-state index in [1.165, 1.54) is 12.1 Å². The largest absolute Gasteiger partial charge is 0.482 e. The van der Waals surface area contributed by atoms with Gasteiger partial charge in [0.1, 0.15) is 6.61 Å². The molecule has 1 rings (SSSR count). The first-order valence-corrected chi connectivity index (χ1v) is 6.65. The maximum Gasteiger partial charge on any atom is 0.311 e. The van der Waals surface area contributed by atoms with Crippen LogP contribution in [-0.4, -0.2) is 22.6 Å². The van der Waals surface area contributed by atoms with Crippen LogP contribution < -0.4 is 4.74 Å². The topological polar surface area (TPSA) is 89.7 Å². The smallest absolute Gasteiger partial charge is 0.311 e. The number of hydrogen-bond donors (Lipinski definition) is 1. The standard InChI is InChI=1S/C15H19NO5/c1-4-5-12(15(17)18)11-6-7-14(21-9-10(2)3)13(8-11)16(19)20/h6-8,12H,2,4-5,9H2,1,3H3,(H,17,18). The molecular weight excluding hydrogens is 274 g/mol. The molecule has 1 aromatic carbocycles. The van der Waals surface area contributed by atoms with Crippen LogP contribution in [0.1, 0.15) is 38.2 Å². The zero-order valence-corrected chi connectivity index (χ0v) is 12.2. The summed E-state index contributed by atoms with van der Waals surface area (Å²) in [6, 6.07) is 4.29. The van der Waals surface area contributed by atoms with E-state index in [9.17, 15) is 20.0 Å². The molecule has 0 saturated carbocycles. The maximum absolute atomic E-state index is 11.3. The average Bonchev–Trinajstić information content (AvgIpc) is 2.42. The Hall–Kier alpha value is -2.37. The van der Waals surface area contributed by atoms with Crippen molar-refractivity contribution in [1.82, 2.24) is 0 Å². The first-order valence-electron chi connectivity index (χ1n) is 6.65. The predicted octanol–water partition coefficient (Wildman–Crippen LogP) is 3.52. The summed E-state index contributed by atoms with van der Waals surface area (Å²) < 4.78 is 5.33. The van der Waals surface area contributed by atoms with Gasteiger partial charge in [0.2, 0.25) is 0 Å². The lowest BCUT2D eigenvalue weighted by molar-refractivity contribution is -0.385. The van der Waals surface area contributed by atoms with Crippen LogP contribution in [0.2, 0.25) is 0 Å². The Bertz CT molecular complexity index is 553. The molecule has 114 valence electrons. The molecule has 0 spiro atoms. The summed E-state index contributed by atoms with van der Waals surface area (Å²) in [7, 11) is 0. The number of rotatable bonds is 8. The van der Waals surface area contributed by atoms with Crippen LogP contribution in [0.4, 0.5) is 5.69 Å². The molecule has 0 aromatic heterocycles. The van der Waals surface area contributed by atoms with E-state index in [-0.39, 0.29) is 18.0 Å². The van der Waals surface area contributed by atoms with E-state index in [4.69, 9.17) is 4.74 Å². The average molecular weight is 293 g/mol. The van der Waals surface area contributed by atoms with Gasteiger partial charge in [0.05, 0.1) is 10.8 Å². The Balaban J connectivity index is 3.15. The van der Waals surface area contributed by atoms with Crippen LogP contribution in [-0.2, 0) is 4.79 Å². The molecule has 0 saturated heterocycles. The van der Waals surface area contributed by atoms with Crippen molar-refractivity contribution < 1.29 is 19.6 Å². The highest BCUT2D eigenvalue weighted by atomic mass is 16.6. The molecule has 1 aromatic rings. The van der Waals surface area contributed by atoms with Crippen molar-refractivity contribution in [3.63, 3.8) is 0 Å². The molecule has 0 aliphatic heterocycles. The number of nitro groups is 1. The zero-order chi connectivity index (χ0) is 16.0. The van der Waals surface area contributed by atoms with Gasteiger partial charge in [-0.3, -0.25) is 14.9 Å². The molecule has 0 bridgehead atoms. The van der Waals surface area contributed by atoms with Gasteiger partial charge in [0.25, 0.3) is 0 Å². The minimum Gasteiger partial charge on any atom is -0.482 e. The molecule has 0 radical (unpaired) electrons. The lowest BCUT2D eigenvalue weighted by Crippen LogP contribution is -2.12. The quantitative estimate of drug-likeness (QED) is 0.450. The Morgan fingerprint density at radius 1 is 1.52 bits per heavy atom. The Morgan fingerprint density at radius 3 is 2.67 bits per heavy atom. The molecule has 21 heavy (non-hydrogen) atoms. The third kappa shape index (κ3) is 4.59. The zero-order valence-electron chi connectivity index (χ0n) is 12.2. The number of nitro benzene ring substituents is 1. The van der Waals surface area contributed by atoms with Gasteiger partial charge in [0, 0.05) is 6.07 Å². The Morgan fingerprint density at radius 2 is 2.19 bits per heavy atom. The molecule has 0 aliphatic rings. The fourth-order valence-corrected chi connectivity index (χ4v) is 1.94. The number of ether oxygens (including phenoxy) is 1. The minimum absolute atomic E-state index is 0.118. The Labute approximate surface area is 123 Å². The van der Waals surface area contributed by atoms with Gasteiger partial charge < -0.3 is 9.84 Å². The first kappa shape index (κ1) is 16.7. The fourth-order valence-electron chi connectivity index (χ4n) is 1.94. The van der Waals surface area contributed by atoms with Crippen LogP contribution in [0.15, 0.2) is 30.4 Å². The molecule has 1 N–H and O–H groups in total. The second-order valence-corrected chi connectivity index (χ2v) is 4.91. The van der Waals surface area contributed by atoms with Crippen LogP contribution in [0.3, 0.4) is 0 Å². The molecule has 0 aliphatic carbocycles. The molecule has 6 nitrogen and oxygen atoms in total. The van der Waals surface area contributed by atoms with Crippen molar-refractivity contribution in [3.05, 3.63) is 46.0 Å². The summed E-state index contributed by atoms with van der Waals surface area (Å²) in [6.45, 7) is 7.47. The number of carboxylic acid groups (broad SMARTS) is 1. The van der Waals surface area contributed by atoms with E-state index in [1.807, 2.05) is 6.92 Å². The lowest BCUT2D eigenvalue weighted by Gasteiger charge is -2.13. The van der Waals surface area contributed by atoms with Gasteiger partial charge in [-0.1, -0.05) is 26.0 Å². The Kier molecular flexibility index (Phi) is 5.90. The number of aliphatic carboxylic acids is 1. The third-order valence-corrected chi connectivity index (χ3v) is 2.93. The van der Waals surface area contributed by atoms with Crippen molar-refractivity contribution in [1.29, 1.82) is 0 Å². The van der Waals surface area contributed by atoms with Crippen molar-refractivity contribution in [2.45, 2.75) is 32.6 Å². The highest BCUT2D eigenvalue weighted by molar-refractivity contribution is 5.76. The molecule has 1 unspecified atom stereocenters. The van der Waals surface area contributed by atoms with E-state index >= 15 is 0 Å². The van der Waals surface area contributed by atoms with Gasteiger partial charge >= 0.3 is 11.7 Å². The SMILES string of the molecule is C=C(C)COc1ccc(C(CCC)C(=O)O)cc1[N+](=O)[O-]. The molecule has 6 heteroatoms. The van der Waals surface area contributed by atoms with E-state index < -0.39 is 16.8 Å². The first-order chi connectivity index (χ1) is 9.86. The van der Waals surface area contributed by atoms with Gasteiger partial charge in [-0.25, -0.2) is 0 Å². The second-order valence-electron chi connectivity index (χ2n) is 4.91. The maximum atomic E-state index is 11.3. The number of benzene rings is 1. The van der Waals surface area contributed by atoms with E-state index in [0.29, 0.717) is 18.4 Å². The van der Waals surface area contributed by atoms with Crippen molar-refractivity contribution >= 4 is 11.7 Å². The highest BCUT2D eigenvalue weighted by Gasteiger charge is 2.23. The van der Waals surface area contributed by atoms with E-state index in [2.05, 4.69) is 6.58 Å². The van der Waals surface area contributed by atoms with Crippen molar-refractivity contribution in [2.24, 2.45) is 0 Å². The highest BCUT2D eigenvalue weighted by Crippen LogP contribution is 2.32. The van der Waals surface area contributed by atoms with Gasteiger partial charge in [-0.2, -0.15) is 0 Å². The second kappa shape index (κ2) is 7.42. The normalized spacial score (nSPS) is 11.7. The van der Waals surface area contributed by atoms with Crippen LogP contribution in [0.5, 0.6) is 5.75 Å². The van der Waals surface area contributed by atoms with Gasteiger partial charge in [-0.15, -0.1) is 0 Å². The van der Waals surface area contributed by atoms with Crippen LogP contribution >= 0.6 is 0 Å². The number of carboxylic acids is 1. The minimum atomic E-state index is -0.984. The number of carbonyl (C=O) groups is 1. The van der Waals surface area contributed by atoms with Gasteiger partial charge in [0.15, 0.2) is 5.75 Å². The third-order valence-electron chi connectivity index (χ3n) is 2.93. The van der Waals surface area contributed by atoms with Gasteiger partial charge in [-0.05, 0) is 30.5 Å². The van der Waals surface area contributed by atoms with E-state index in [0.717, 1.165) is 5.57 Å². The monoisotopic (exact) mass is 293 g/mol. The summed E-state index contributed by atoms with van der Waals surface area (Å²) in [6.07, 6.45) is 1.11. The number of hydrogen-bond acceptors (Lipinski definition) is 4. The molecule has 0 heterocycles. The lowest BCUT2D eigenvalue weighted by atomic mass is 9.94. The van der Waals surface area contributed by atoms with Crippen molar-refractivity contribution in [3.8, 4) is 5.75 Å². The van der Waals surface area contributed by atoms with Crippen LogP contribution in [0.25, 0.3) is 0 Å². The van der Waals surface area contributed by atoms with Crippen molar-refractivity contribution in [2.75, 3.05) is 6.61 Å². The summed E-state index contributed by atoms with van der Waals surface area (Å²) >= 11 is 0. The molecular formula is C15H19NO5. The molecule has 1 atom stereocenters. The summed E-state index contributed by atoms with van der Waals surface area (Å²) in [4.78, 5) is 21.8. The predicted molar refractivity (Wildman–Crippen MR) is 78.7 cm³/mol. The van der Waals surface area contributed by atoms with Crippen LogP contribution in [0, 0.1) is 10.1 Å². The van der Waals surface area contributed by atoms with E-state index in [1.54, 1.807) is 13.0 Å². The molecule has 0 amide bonds. The number of nitrogens with zero attached hydrogens (tertiary/aromatic N) is 1. The summed E-state index contributed by atoms with van der Waals surface area (Å²) in [5.74, 6) is -1.61. The fraction of sp³-hybridized carbons (Fsp3) is 0.400. The molecule has 0 fully saturated rings.